The fraction of sp³-hybridized carbons (Fsp3) is 0.294. The minimum atomic E-state index is -0.0304. The Hall–Kier alpha value is -2.36. The van der Waals surface area contributed by atoms with Crippen molar-refractivity contribution in [1.29, 1.82) is 0 Å². The highest BCUT2D eigenvalue weighted by atomic mass is 16.5. The number of carbonyl (C=O) groups is 1. The van der Waals surface area contributed by atoms with Crippen molar-refractivity contribution in [2.24, 2.45) is 11.0 Å². The highest BCUT2D eigenvalue weighted by Gasteiger charge is 2.18. The van der Waals surface area contributed by atoms with Gasteiger partial charge >= 0.3 is 0 Å². The Morgan fingerprint density at radius 3 is 3.10 bits per heavy atom. The first kappa shape index (κ1) is 15.0. The second-order valence-corrected chi connectivity index (χ2v) is 5.13. The molecule has 1 aromatic carbocycles. The lowest BCUT2D eigenvalue weighted by Crippen LogP contribution is -2.30. The predicted molar refractivity (Wildman–Crippen MR) is 85.1 cm³/mol. The summed E-state index contributed by atoms with van der Waals surface area (Å²) < 4.78 is 5.54. The van der Waals surface area contributed by atoms with Crippen molar-refractivity contribution in [1.82, 2.24) is 5.43 Å². The molecule has 21 heavy (non-hydrogen) atoms. The monoisotopic (exact) mass is 284 g/mol. The van der Waals surface area contributed by atoms with Crippen molar-refractivity contribution in [3.05, 3.63) is 48.6 Å². The zero-order valence-electron chi connectivity index (χ0n) is 12.4. The lowest BCUT2D eigenvalue weighted by molar-refractivity contribution is -0.121. The van der Waals surface area contributed by atoms with Gasteiger partial charge in [0.25, 0.3) is 0 Å². The normalized spacial score (nSPS) is 18.8. The number of amides is 1. The third-order valence-electron chi connectivity index (χ3n) is 3.33. The van der Waals surface area contributed by atoms with Crippen LogP contribution in [0.15, 0.2) is 48.1 Å². The van der Waals surface area contributed by atoms with E-state index in [-0.39, 0.29) is 11.8 Å². The van der Waals surface area contributed by atoms with Gasteiger partial charge in [0.2, 0.25) is 5.91 Å². The summed E-state index contributed by atoms with van der Waals surface area (Å²) in [6.45, 7) is 8.16. The highest BCUT2D eigenvalue weighted by molar-refractivity contribution is 6.05. The number of carbonyl (C=O) groups excluding carboxylic acids is 1. The van der Waals surface area contributed by atoms with Crippen molar-refractivity contribution < 1.29 is 9.53 Å². The zero-order valence-corrected chi connectivity index (χ0v) is 12.4. The minimum absolute atomic E-state index is 0.0304. The zero-order chi connectivity index (χ0) is 15.2. The number of rotatable bonds is 5. The largest absolute Gasteiger partial charge is 0.490 e. The van der Waals surface area contributed by atoms with E-state index >= 15 is 0 Å². The topological polar surface area (TPSA) is 50.7 Å². The molecule has 1 N–H and O–H groups in total. The summed E-state index contributed by atoms with van der Waals surface area (Å²) in [5.74, 6) is 0.915. The molecule has 0 spiro atoms. The van der Waals surface area contributed by atoms with E-state index in [4.69, 9.17) is 4.74 Å². The molecular weight excluding hydrogens is 264 g/mol. The number of hydrazone groups is 1. The van der Waals surface area contributed by atoms with E-state index in [1.807, 2.05) is 44.2 Å². The maximum absolute atomic E-state index is 11.3. The summed E-state index contributed by atoms with van der Waals surface area (Å²) in [5.41, 5.74) is 5.58. The van der Waals surface area contributed by atoms with Crippen LogP contribution in [0.5, 0.6) is 5.75 Å². The fourth-order valence-electron chi connectivity index (χ4n) is 2.13. The molecule has 1 aliphatic rings. The maximum Gasteiger partial charge on any atom is 0.240 e. The van der Waals surface area contributed by atoms with Gasteiger partial charge in [-0.15, -0.1) is 0 Å². The van der Waals surface area contributed by atoms with E-state index in [0.29, 0.717) is 13.0 Å². The van der Waals surface area contributed by atoms with Crippen LogP contribution in [-0.2, 0) is 4.79 Å². The van der Waals surface area contributed by atoms with Gasteiger partial charge in [0.05, 0.1) is 5.71 Å². The van der Waals surface area contributed by atoms with Gasteiger partial charge < -0.3 is 4.74 Å². The van der Waals surface area contributed by atoms with E-state index in [2.05, 4.69) is 17.1 Å². The van der Waals surface area contributed by atoms with E-state index in [1.165, 1.54) is 0 Å². The van der Waals surface area contributed by atoms with Crippen LogP contribution in [0.3, 0.4) is 0 Å². The molecule has 1 aromatic rings. The molecule has 2 rings (SSSR count). The van der Waals surface area contributed by atoms with Crippen molar-refractivity contribution in [2.75, 3.05) is 6.61 Å². The summed E-state index contributed by atoms with van der Waals surface area (Å²) in [6.07, 6.45) is 4.21. The fourth-order valence-corrected chi connectivity index (χ4v) is 2.13. The van der Waals surface area contributed by atoms with Crippen LogP contribution in [0, 0.1) is 5.92 Å². The van der Waals surface area contributed by atoms with Crippen LogP contribution in [0.4, 0.5) is 0 Å². The Bertz CT molecular complexity index is 603. The molecule has 0 aliphatic carbocycles. The minimum Gasteiger partial charge on any atom is -0.490 e. The van der Waals surface area contributed by atoms with E-state index in [1.54, 1.807) is 6.08 Å². The van der Waals surface area contributed by atoms with Gasteiger partial charge in [-0.1, -0.05) is 31.7 Å². The van der Waals surface area contributed by atoms with Crippen LogP contribution in [0.2, 0.25) is 0 Å². The molecule has 110 valence electrons. The molecule has 0 radical (unpaired) electrons. The SMILES string of the molecule is C=CCOc1cccc(C(C)=CC2=NNC(=O)CC2C)c1. The summed E-state index contributed by atoms with van der Waals surface area (Å²) in [5, 5.41) is 4.13. The molecule has 4 heteroatoms. The number of nitrogens with one attached hydrogen (secondary N) is 1. The van der Waals surface area contributed by atoms with Crippen molar-refractivity contribution in [2.45, 2.75) is 20.3 Å². The van der Waals surface area contributed by atoms with Crippen LogP contribution < -0.4 is 10.2 Å². The second-order valence-electron chi connectivity index (χ2n) is 5.13. The Labute approximate surface area is 125 Å². The van der Waals surface area contributed by atoms with Gasteiger partial charge in [-0.2, -0.15) is 5.10 Å². The smallest absolute Gasteiger partial charge is 0.240 e. The second kappa shape index (κ2) is 6.88. The Balaban J connectivity index is 2.19. The number of hydrogen-bond donors (Lipinski definition) is 1. The summed E-state index contributed by atoms with van der Waals surface area (Å²) in [4.78, 5) is 11.3. The summed E-state index contributed by atoms with van der Waals surface area (Å²) in [6, 6.07) is 7.89. The molecule has 0 bridgehead atoms. The third kappa shape index (κ3) is 4.05. The molecule has 1 unspecified atom stereocenters. The molecule has 1 heterocycles. The van der Waals surface area contributed by atoms with E-state index < -0.39 is 0 Å². The van der Waals surface area contributed by atoms with Crippen molar-refractivity contribution in [3.8, 4) is 5.75 Å². The quantitative estimate of drug-likeness (QED) is 0.844. The average molecular weight is 284 g/mol. The van der Waals surface area contributed by atoms with E-state index in [9.17, 15) is 4.79 Å². The molecule has 1 amide bonds. The lowest BCUT2D eigenvalue weighted by Gasteiger charge is -2.17. The molecule has 0 saturated heterocycles. The van der Waals surface area contributed by atoms with E-state index in [0.717, 1.165) is 22.6 Å². The molecule has 1 atom stereocenters. The number of ether oxygens (including phenoxy) is 1. The predicted octanol–water partition coefficient (Wildman–Crippen LogP) is 3.17. The summed E-state index contributed by atoms with van der Waals surface area (Å²) in [7, 11) is 0. The summed E-state index contributed by atoms with van der Waals surface area (Å²) >= 11 is 0. The van der Waals surface area contributed by atoms with Gasteiger partial charge in [0, 0.05) is 12.3 Å². The first-order chi connectivity index (χ1) is 10.1. The third-order valence-corrected chi connectivity index (χ3v) is 3.33. The standard InChI is InChI=1S/C17H20N2O2/c1-4-8-21-15-7-5-6-14(11-15)12(2)9-16-13(3)10-17(20)19-18-16/h4-7,9,11,13H,1,8,10H2,2-3H3,(H,19,20). The Morgan fingerprint density at radius 2 is 2.38 bits per heavy atom. The average Bonchev–Trinajstić information content (AvgIpc) is 2.48. The van der Waals surface area contributed by atoms with Gasteiger partial charge in [-0.05, 0) is 36.3 Å². The van der Waals surface area contributed by atoms with Crippen LogP contribution in [0.25, 0.3) is 5.57 Å². The molecule has 0 aromatic heterocycles. The number of allylic oxidation sites excluding steroid dienone is 2. The van der Waals surface area contributed by atoms with Gasteiger partial charge in [0.15, 0.2) is 0 Å². The first-order valence-electron chi connectivity index (χ1n) is 6.99. The maximum atomic E-state index is 11.3. The van der Waals surface area contributed by atoms with Gasteiger partial charge in [-0.3, -0.25) is 4.79 Å². The Kier molecular flexibility index (Phi) is 4.93. The van der Waals surface area contributed by atoms with Crippen molar-refractivity contribution >= 4 is 17.2 Å². The van der Waals surface area contributed by atoms with Gasteiger partial charge in [0.1, 0.15) is 12.4 Å². The van der Waals surface area contributed by atoms with Crippen LogP contribution in [-0.4, -0.2) is 18.2 Å². The molecule has 0 saturated carbocycles. The molecule has 4 nitrogen and oxygen atoms in total. The van der Waals surface area contributed by atoms with Crippen LogP contribution >= 0.6 is 0 Å². The molecular formula is C17H20N2O2. The Morgan fingerprint density at radius 1 is 1.57 bits per heavy atom. The lowest BCUT2D eigenvalue weighted by atomic mass is 9.96. The number of nitrogens with zero attached hydrogens (tertiary/aromatic N) is 1. The van der Waals surface area contributed by atoms with Gasteiger partial charge in [-0.25, -0.2) is 5.43 Å². The van der Waals surface area contributed by atoms with Crippen molar-refractivity contribution in [3.63, 3.8) is 0 Å². The first-order valence-corrected chi connectivity index (χ1v) is 6.99. The highest BCUT2D eigenvalue weighted by Crippen LogP contribution is 2.22. The van der Waals surface area contributed by atoms with Crippen LogP contribution in [0.1, 0.15) is 25.8 Å². The molecule has 0 fully saturated rings. The number of benzene rings is 1. The molecule has 1 aliphatic heterocycles. The number of hydrogen-bond acceptors (Lipinski definition) is 3.